The molecule has 144 valence electrons. The molecule has 5 nitrogen and oxygen atoms in total. The smallest absolute Gasteiger partial charge is 0.228 e. The van der Waals surface area contributed by atoms with Gasteiger partial charge in [0.1, 0.15) is 12.4 Å². The van der Waals surface area contributed by atoms with Crippen molar-refractivity contribution in [3.63, 3.8) is 0 Å². The summed E-state index contributed by atoms with van der Waals surface area (Å²) in [5, 5.41) is 2.02. The Bertz CT molecular complexity index is 772. The van der Waals surface area contributed by atoms with Gasteiger partial charge in [-0.25, -0.2) is 0 Å². The van der Waals surface area contributed by atoms with Crippen LogP contribution in [0.2, 0.25) is 0 Å². The van der Waals surface area contributed by atoms with Gasteiger partial charge in [-0.3, -0.25) is 9.69 Å². The molecule has 2 aliphatic heterocycles. The minimum atomic E-state index is 0.0626. The first-order valence-corrected chi connectivity index (χ1v) is 10.4. The van der Waals surface area contributed by atoms with Crippen molar-refractivity contribution in [2.24, 2.45) is 0 Å². The SMILES string of the molecule is C[C@H]1COc2ccc(CN3CCOCC3)cc2CN1C(=O)Cc1cccs1. The summed E-state index contributed by atoms with van der Waals surface area (Å²) in [6.45, 7) is 7.66. The second kappa shape index (κ2) is 8.42. The van der Waals surface area contributed by atoms with E-state index in [-0.39, 0.29) is 11.9 Å². The van der Waals surface area contributed by atoms with Gasteiger partial charge in [0, 0.05) is 36.6 Å². The number of nitrogens with zero attached hydrogens (tertiary/aromatic N) is 2. The fourth-order valence-corrected chi connectivity index (χ4v) is 4.35. The van der Waals surface area contributed by atoms with Gasteiger partial charge in [-0.05, 0) is 36.1 Å². The summed E-state index contributed by atoms with van der Waals surface area (Å²) in [6, 6.07) is 10.5. The highest BCUT2D eigenvalue weighted by Crippen LogP contribution is 2.27. The third-order valence-corrected chi connectivity index (χ3v) is 6.09. The van der Waals surface area contributed by atoms with E-state index >= 15 is 0 Å². The van der Waals surface area contributed by atoms with Crippen molar-refractivity contribution in [3.05, 3.63) is 51.7 Å². The number of hydrogen-bond acceptors (Lipinski definition) is 5. The number of carbonyl (C=O) groups is 1. The van der Waals surface area contributed by atoms with Crippen LogP contribution in [0.1, 0.15) is 22.9 Å². The van der Waals surface area contributed by atoms with Gasteiger partial charge in [0.2, 0.25) is 5.91 Å². The molecule has 4 rings (SSSR count). The average Bonchev–Trinajstić information content (AvgIpc) is 3.12. The second-order valence-corrected chi connectivity index (χ2v) is 8.30. The maximum atomic E-state index is 12.9. The van der Waals surface area contributed by atoms with Crippen LogP contribution < -0.4 is 4.74 Å². The first kappa shape index (κ1) is 18.5. The van der Waals surface area contributed by atoms with Crippen LogP contribution in [-0.4, -0.2) is 54.7 Å². The monoisotopic (exact) mass is 386 g/mol. The topological polar surface area (TPSA) is 42.0 Å². The summed E-state index contributed by atoms with van der Waals surface area (Å²) in [4.78, 5) is 18.4. The Morgan fingerprint density at radius 1 is 1.26 bits per heavy atom. The Balaban J connectivity index is 1.49. The Morgan fingerprint density at radius 3 is 2.89 bits per heavy atom. The number of fused-ring (bicyclic) bond motifs is 1. The molecule has 1 fully saturated rings. The van der Waals surface area contributed by atoms with E-state index in [9.17, 15) is 4.79 Å². The molecule has 27 heavy (non-hydrogen) atoms. The molecule has 0 unspecified atom stereocenters. The fourth-order valence-electron chi connectivity index (χ4n) is 3.65. The van der Waals surface area contributed by atoms with Gasteiger partial charge in [-0.15, -0.1) is 11.3 Å². The molecule has 3 heterocycles. The quantitative estimate of drug-likeness (QED) is 0.810. The van der Waals surface area contributed by atoms with Crippen LogP contribution in [0.5, 0.6) is 5.75 Å². The summed E-state index contributed by atoms with van der Waals surface area (Å²) in [6.07, 6.45) is 0.463. The number of amides is 1. The predicted octanol–water partition coefficient (Wildman–Crippen LogP) is 2.93. The molecule has 1 aromatic heterocycles. The molecule has 2 aromatic rings. The molecule has 0 aliphatic carbocycles. The Kier molecular flexibility index (Phi) is 5.76. The number of hydrogen-bond donors (Lipinski definition) is 0. The van der Waals surface area contributed by atoms with Crippen molar-refractivity contribution in [2.75, 3.05) is 32.9 Å². The molecular formula is C21H26N2O3S. The van der Waals surface area contributed by atoms with E-state index in [1.165, 1.54) is 5.56 Å². The highest BCUT2D eigenvalue weighted by molar-refractivity contribution is 7.10. The van der Waals surface area contributed by atoms with Crippen molar-refractivity contribution in [2.45, 2.75) is 32.5 Å². The van der Waals surface area contributed by atoms with E-state index < -0.39 is 0 Å². The number of morpholine rings is 1. The maximum Gasteiger partial charge on any atom is 0.228 e. The zero-order valence-electron chi connectivity index (χ0n) is 15.7. The Labute approximate surface area is 164 Å². The number of carbonyl (C=O) groups excluding carboxylic acids is 1. The van der Waals surface area contributed by atoms with E-state index in [1.807, 2.05) is 22.4 Å². The Morgan fingerprint density at radius 2 is 2.11 bits per heavy atom. The normalized spacial score (nSPS) is 20.6. The number of thiophene rings is 1. The zero-order chi connectivity index (χ0) is 18.6. The van der Waals surface area contributed by atoms with Crippen molar-refractivity contribution < 1.29 is 14.3 Å². The van der Waals surface area contributed by atoms with Gasteiger partial charge in [0.05, 0.1) is 25.7 Å². The summed E-state index contributed by atoms with van der Waals surface area (Å²) < 4.78 is 11.4. The molecule has 2 aliphatic rings. The van der Waals surface area contributed by atoms with Crippen LogP contribution in [0.3, 0.4) is 0 Å². The van der Waals surface area contributed by atoms with E-state index in [4.69, 9.17) is 9.47 Å². The molecule has 0 radical (unpaired) electrons. The average molecular weight is 387 g/mol. The van der Waals surface area contributed by atoms with Crippen molar-refractivity contribution in [3.8, 4) is 5.75 Å². The van der Waals surface area contributed by atoms with E-state index in [1.54, 1.807) is 11.3 Å². The lowest BCUT2D eigenvalue weighted by molar-refractivity contribution is -0.133. The molecule has 1 aromatic carbocycles. The third kappa shape index (κ3) is 4.51. The standard InChI is InChI=1S/C21H26N2O3S/c1-16-15-26-20-5-4-17(13-22-6-8-25-9-7-22)11-18(20)14-23(16)21(24)12-19-3-2-10-27-19/h2-5,10-11,16H,6-9,12-15H2,1H3/t16-/m0/s1. The molecule has 1 atom stereocenters. The lowest BCUT2D eigenvalue weighted by Gasteiger charge is -2.27. The van der Waals surface area contributed by atoms with Crippen molar-refractivity contribution in [1.29, 1.82) is 0 Å². The van der Waals surface area contributed by atoms with Crippen molar-refractivity contribution >= 4 is 17.2 Å². The summed E-state index contributed by atoms with van der Waals surface area (Å²) in [5.41, 5.74) is 2.36. The van der Waals surface area contributed by atoms with Gasteiger partial charge in [-0.1, -0.05) is 12.1 Å². The second-order valence-electron chi connectivity index (χ2n) is 7.27. The maximum absolute atomic E-state index is 12.9. The number of rotatable bonds is 4. The first-order valence-electron chi connectivity index (χ1n) is 9.55. The zero-order valence-corrected chi connectivity index (χ0v) is 16.5. The highest BCUT2D eigenvalue weighted by Gasteiger charge is 2.26. The first-order chi connectivity index (χ1) is 13.2. The molecule has 0 saturated carbocycles. The van der Waals surface area contributed by atoms with Crippen LogP contribution in [0, 0.1) is 0 Å². The minimum Gasteiger partial charge on any atom is -0.491 e. The van der Waals surface area contributed by atoms with Gasteiger partial charge in [0.15, 0.2) is 0 Å². The van der Waals surface area contributed by atoms with Gasteiger partial charge in [0.25, 0.3) is 0 Å². The van der Waals surface area contributed by atoms with Crippen LogP contribution >= 0.6 is 11.3 Å². The summed E-state index contributed by atoms with van der Waals surface area (Å²) in [5.74, 6) is 1.07. The predicted molar refractivity (Wildman–Crippen MR) is 106 cm³/mol. The molecule has 0 spiro atoms. The van der Waals surface area contributed by atoms with E-state index in [0.717, 1.165) is 49.0 Å². The molecular weight excluding hydrogens is 360 g/mol. The summed E-state index contributed by atoms with van der Waals surface area (Å²) >= 11 is 1.63. The van der Waals surface area contributed by atoms with Gasteiger partial charge >= 0.3 is 0 Å². The van der Waals surface area contributed by atoms with Crippen LogP contribution in [0.4, 0.5) is 0 Å². The van der Waals surface area contributed by atoms with Gasteiger partial charge < -0.3 is 14.4 Å². The van der Waals surface area contributed by atoms with Crippen molar-refractivity contribution in [1.82, 2.24) is 9.80 Å². The summed E-state index contributed by atoms with van der Waals surface area (Å²) in [7, 11) is 0. The van der Waals surface area contributed by atoms with Crippen LogP contribution in [-0.2, 0) is 29.0 Å². The third-order valence-electron chi connectivity index (χ3n) is 5.21. The van der Waals surface area contributed by atoms with E-state index in [2.05, 4.69) is 30.0 Å². The lowest BCUT2D eigenvalue weighted by Crippen LogP contribution is -2.40. The number of ether oxygens (including phenoxy) is 2. The highest BCUT2D eigenvalue weighted by atomic mass is 32.1. The molecule has 6 heteroatoms. The number of benzene rings is 1. The lowest BCUT2D eigenvalue weighted by atomic mass is 10.1. The molecule has 1 amide bonds. The van der Waals surface area contributed by atoms with Crippen LogP contribution in [0.25, 0.3) is 0 Å². The minimum absolute atomic E-state index is 0.0626. The van der Waals surface area contributed by atoms with Gasteiger partial charge in [-0.2, -0.15) is 0 Å². The van der Waals surface area contributed by atoms with E-state index in [0.29, 0.717) is 19.6 Å². The molecule has 0 bridgehead atoms. The molecule has 1 saturated heterocycles. The fraction of sp³-hybridized carbons (Fsp3) is 0.476. The Hall–Kier alpha value is -1.89. The largest absolute Gasteiger partial charge is 0.491 e. The van der Waals surface area contributed by atoms with Crippen LogP contribution in [0.15, 0.2) is 35.7 Å². The molecule has 0 N–H and O–H groups in total.